The summed E-state index contributed by atoms with van der Waals surface area (Å²) < 4.78 is 0. The Kier molecular flexibility index (Phi) is 7.02. The van der Waals surface area contributed by atoms with Crippen LogP contribution >= 0.6 is 0 Å². The SMILES string of the molecule is C#CC(C)/N=C(\C(C)=N/C/C=C\CN)c1ccccc1. The van der Waals surface area contributed by atoms with Crippen LogP contribution < -0.4 is 5.73 Å². The van der Waals surface area contributed by atoms with Crippen LogP contribution in [0.2, 0.25) is 0 Å². The van der Waals surface area contributed by atoms with Gasteiger partial charge in [-0.3, -0.25) is 9.98 Å². The fraction of sp³-hybridized carbons (Fsp3) is 0.294. The van der Waals surface area contributed by atoms with E-state index in [0.29, 0.717) is 13.1 Å². The number of nitrogens with zero attached hydrogens (tertiary/aromatic N) is 2. The third kappa shape index (κ3) is 5.21. The molecule has 0 radical (unpaired) electrons. The third-order valence-electron chi connectivity index (χ3n) is 2.69. The zero-order valence-corrected chi connectivity index (χ0v) is 12.1. The van der Waals surface area contributed by atoms with E-state index in [-0.39, 0.29) is 6.04 Å². The molecule has 1 aromatic carbocycles. The third-order valence-corrected chi connectivity index (χ3v) is 2.69. The van der Waals surface area contributed by atoms with Gasteiger partial charge in [0.05, 0.1) is 18.0 Å². The molecule has 0 aromatic heterocycles. The second-order valence-electron chi connectivity index (χ2n) is 4.32. The maximum absolute atomic E-state index is 5.42. The highest BCUT2D eigenvalue weighted by Crippen LogP contribution is 2.05. The minimum absolute atomic E-state index is 0.171. The maximum Gasteiger partial charge on any atom is 0.108 e. The van der Waals surface area contributed by atoms with Crippen LogP contribution in [0.25, 0.3) is 0 Å². The van der Waals surface area contributed by atoms with Crippen molar-refractivity contribution in [3.05, 3.63) is 48.0 Å². The smallest absolute Gasteiger partial charge is 0.108 e. The van der Waals surface area contributed by atoms with Crippen molar-refractivity contribution >= 4 is 11.4 Å². The zero-order valence-electron chi connectivity index (χ0n) is 12.1. The average molecular weight is 267 g/mol. The van der Waals surface area contributed by atoms with Crippen molar-refractivity contribution in [3.63, 3.8) is 0 Å². The highest BCUT2D eigenvalue weighted by atomic mass is 14.8. The van der Waals surface area contributed by atoms with E-state index in [1.54, 1.807) is 0 Å². The van der Waals surface area contributed by atoms with Crippen molar-refractivity contribution in [2.24, 2.45) is 15.7 Å². The van der Waals surface area contributed by atoms with E-state index in [1.165, 1.54) is 0 Å². The van der Waals surface area contributed by atoms with Crippen LogP contribution in [0, 0.1) is 12.3 Å². The molecule has 0 spiro atoms. The van der Waals surface area contributed by atoms with Crippen LogP contribution in [0.3, 0.4) is 0 Å². The Hall–Kier alpha value is -2.18. The lowest BCUT2D eigenvalue weighted by atomic mass is 10.1. The summed E-state index contributed by atoms with van der Waals surface area (Å²) in [5.41, 5.74) is 8.15. The van der Waals surface area contributed by atoms with E-state index < -0.39 is 0 Å². The first-order valence-electron chi connectivity index (χ1n) is 6.65. The molecule has 1 unspecified atom stereocenters. The first-order valence-corrected chi connectivity index (χ1v) is 6.65. The van der Waals surface area contributed by atoms with Crippen LogP contribution in [0.15, 0.2) is 52.5 Å². The van der Waals surface area contributed by atoms with Crippen molar-refractivity contribution in [1.82, 2.24) is 0 Å². The molecule has 1 aromatic rings. The van der Waals surface area contributed by atoms with E-state index in [2.05, 4.69) is 15.9 Å². The van der Waals surface area contributed by atoms with E-state index in [0.717, 1.165) is 17.0 Å². The summed E-state index contributed by atoms with van der Waals surface area (Å²) in [7, 11) is 0. The van der Waals surface area contributed by atoms with Gasteiger partial charge in [-0.05, 0) is 13.8 Å². The predicted molar refractivity (Wildman–Crippen MR) is 87.4 cm³/mol. The van der Waals surface area contributed by atoms with Crippen LogP contribution in [0.1, 0.15) is 19.4 Å². The molecule has 0 bridgehead atoms. The minimum Gasteiger partial charge on any atom is -0.327 e. The van der Waals surface area contributed by atoms with Gasteiger partial charge in [-0.15, -0.1) is 6.42 Å². The highest BCUT2D eigenvalue weighted by molar-refractivity contribution is 6.47. The van der Waals surface area contributed by atoms with Gasteiger partial charge in [0, 0.05) is 12.1 Å². The molecule has 0 saturated carbocycles. The highest BCUT2D eigenvalue weighted by Gasteiger charge is 2.08. The lowest BCUT2D eigenvalue weighted by molar-refractivity contribution is 0.963. The molecule has 3 nitrogen and oxygen atoms in total. The summed E-state index contributed by atoms with van der Waals surface area (Å²) >= 11 is 0. The quantitative estimate of drug-likeness (QED) is 0.480. The molecule has 0 aliphatic rings. The van der Waals surface area contributed by atoms with E-state index in [4.69, 9.17) is 12.2 Å². The Bertz CT molecular complexity index is 533. The second kappa shape index (κ2) is 8.84. The van der Waals surface area contributed by atoms with E-state index in [9.17, 15) is 0 Å². The Morgan fingerprint density at radius 1 is 1.35 bits per heavy atom. The number of nitrogens with two attached hydrogens (primary N) is 1. The van der Waals surface area contributed by atoms with Crippen LogP contribution in [-0.2, 0) is 0 Å². The summed E-state index contributed by atoms with van der Waals surface area (Å²) in [6.45, 7) is 4.97. The second-order valence-corrected chi connectivity index (χ2v) is 4.32. The largest absolute Gasteiger partial charge is 0.327 e. The standard InChI is InChI=1S/C17H21N3/c1-4-14(2)20-17(16-10-6-5-7-11-16)15(3)19-13-9-8-12-18/h1,5-11,14H,12-13,18H2,2-3H3/b9-8-,19-15-,20-17+. The van der Waals surface area contributed by atoms with Crippen molar-refractivity contribution < 1.29 is 0 Å². The van der Waals surface area contributed by atoms with Gasteiger partial charge in [-0.1, -0.05) is 48.4 Å². The number of aliphatic imine (C=N–C) groups is 2. The van der Waals surface area contributed by atoms with Crippen molar-refractivity contribution in [1.29, 1.82) is 0 Å². The van der Waals surface area contributed by atoms with Crippen LogP contribution in [-0.4, -0.2) is 30.6 Å². The lowest BCUT2D eigenvalue weighted by Crippen LogP contribution is -2.15. The summed E-state index contributed by atoms with van der Waals surface area (Å²) in [6, 6.07) is 9.78. The summed E-state index contributed by atoms with van der Waals surface area (Å²) in [5.74, 6) is 2.62. The molecule has 2 N–H and O–H groups in total. The Morgan fingerprint density at radius 2 is 2.05 bits per heavy atom. The molecule has 3 heteroatoms. The number of hydrogen-bond acceptors (Lipinski definition) is 3. The van der Waals surface area contributed by atoms with E-state index in [1.807, 2.05) is 56.3 Å². The van der Waals surface area contributed by atoms with Crippen LogP contribution in [0.4, 0.5) is 0 Å². The molecule has 1 rings (SSSR count). The molecule has 104 valence electrons. The first kappa shape index (κ1) is 15.9. The number of rotatable bonds is 6. The number of benzene rings is 1. The summed E-state index contributed by atoms with van der Waals surface area (Å²) in [5, 5.41) is 0. The van der Waals surface area contributed by atoms with E-state index >= 15 is 0 Å². The van der Waals surface area contributed by atoms with Crippen molar-refractivity contribution in [3.8, 4) is 12.3 Å². The first-order chi connectivity index (χ1) is 9.69. The average Bonchev–Trinajstić information content (AvgIpc) is 2.49. The fourth-order valence-corrected chi connectivity index (χ4v) is 1.64. The number of terminal acetylenes is 1. The van der Waals surface area contributed by atoms with Gasteiger partial charge in [-0.2, -0.15) is 0 Å². The van der Waals surface area contributed by atoms with Gasteiger partial charge in [0.1, 0.15) is 6.04 Å². The Balaban J connectivity index is 3.03. The molecular formula is C17H21N3. The number of hydrogen-bond donors (Lipinski definition) is 1. The van der Waals surface area contributed by atoms with Gasteiger partial charge in [0.25, 0.3) is 0 Å². The predicted octanol–water partition coefficient (Wildman–Crippen LogP) is 2.47. The lowest BCUT2D eigenvalue weighted by Gasteiger charge is -2.08. The molecule has 0 saturated heterocycles. The van der Waals surface area contributed by atoms with Gasteiger partial charge in [0.15, 0.2) is 0 Å². The summed E-state index contributed by atoms with van der Waals surface area (Å²) in [6.07, 6.45) is 9.25. The Labute approximate surface area is 121 Å². The Morgan fingerprint density at radius 3 is 2.65 bits per heavy atom. The molecule has 0 heterocycles. The molecule has 20 heavy (non-hydrogen) atoms. The molecule has 0 aliphatic heterocycles. The molecular weight excluding hydrogens is 246 g/mol. The van der Waals surface area contributed by atoms with Crippen molar-refractivity contribution in [2.45, 2.75) is 19.9 Å². The van der Waals surface area contributed by atoms with Gasteiger partial charge in [0.2, 0.25) is 0 Å². The minimum atomic E-state index is -0.171. The molecule has 0 fully saturated rings. The maximum atomic E-state index is 5.42. The van der Waals surface area contributed by atoms with Crippen LogP contribution in [0.5, 0.6) is 0 Å². The zero-order chi connectivity index (χ0) is 14.8. The molecule has 0 aliphatic carbocycles. The summed E-state index contributed by atoms with van der Waals surface area (Å²) in [4.78, 5) is 9.07. The molecule has 0 amide bonds. The normalized spacial score (nSPS) is 14.3. The van der Waals surface area contributed by atoms with Gasteiger partial charge >= 0.3 is 0 Å². The topological polar surface area (TPSA) is 50.7 Å². The van der Waals surface area contributed by atoms with Gasteiger partial charge in [-0.25, -0.2) is 0 Å². The van der Waals surface area contributed by atoms with Gasteiger partial charge < -0.3 is 5.73 Å². The monoisotopic (exact) mass is 267 g/mol. The van der Waals surface area contributed by atoms with Crippen molar-refractivity contribution in [2.75, 3.05) is 13.1 Å². The molecule has 1 atom stereocenters. The fourth-order valence-electron chi connectivity index (χ4n) is 1.64.